The number of likely N-dealkylation sites (tertiary alicyclic amines) is 1. The quantitative estimate of drug-likeness (QED) is 0.783. The molecular formula is C14H17FN2. The van der Waals surface area contributed by atoms with Gasteiger partial charge in [-0.05, 0) is 50.0 Å². The lowest BCUT2D eigenvalue weighted by atomic mass is 10.0. The summed E-state index contributed by atoms with van der Waals surface area (Å²) in [4.78, 5) is 2.19. The van der Waals surface area contributed by atoms with Crippen LogP contribution < -0.4 is 0 Å². The van der Waals surface area contributed by atoms with Crippen molar-refractivity contribution in [3.05, 3.63) is 35.1 Å². The minimum absolute atomic E-state index is 0.205. The molecule has 0 bridgehead atoms. The molecule has 0 saturated carbocycles. The molecule has 1 aromatic rings. The molecule has 0 radical (unpaired) electrons. The van der Waals surface area contributed by atoms with E-state index in [0.717, 1.165) is 31.5 Å². The Morgan fingerprint density at radius 2 is 2.00 bits per heavy atom. The fourth-order valence-electron chi connectivity index (χ4n) is 2.38. The van der Waals surface area contributed by atoms with Crippen molar-refractivity contribution in [2.45, 2.75) is 32.2 Å². The number of nitrogens with zero attached hydrogens (tertiary/aromatic N) is 2. The van der Waals surface area contributed by atoms with Gasteiger partial charge < -0.3 is 0 Å². The summed E-state index contributed by atoms with van der Waals surface area (Å²) < 4.78 is 13.2. The molecule has 0 spiro atoms. The van der Waals surface area contributed by atoms with Crippen molar-refractivity contribution in [1.82, 2.24) is 4.90 Å². The van der Waals surface area contributed by atoms with E-state index < -0.39 is 0 Å². The van der Waals surface area contributed by atoms with E-state index in [0.29, 0.717) is 5.56 Å². The van der Waals surface area contributed by atoms with Gasteiger partial charge in [-0.3, -0.25) is 4.90 Å². The summed E-state index contributed by atoms with van der Waals surface area (Å²) in [5.41, 5.74) is 1.52. The Hall–Kier alpha value is -1.40. The largest absolute Gasteiger partial charge is 0.284 e. The number of nitriles is 1. The smallest absolute Gasteiger partial charge is 0.126 e. The standard InChI is InChI=1S/C14H17FN2/c1-11-9-12(5-6-13(11)15)14(10-16)17-7-3-2-4-8-17/h5-6,9,14H,2-4,7-8H2,1H3. The summed E-state index contributed by atoms with van der Waals surface area (Å²) in [6.07, 6.45) is 3.55. The molecule has 2 rings (SSSR count). The van der Waals surface area contributed by atoms with E-state index in [4.69, 9.17) is 0 Å². The summed E-state index contributed by atoms with van der Waals surface area (Å²) in [6.45, 7) is 3.67. The van der Waals surface area contributed by atoms with E-state index in [1.54, 1.807) is 19.1 Å². The Balaban J connectivity index is 2.22. The van der Waals surface area contributed by atoms with Crippen LogP contribution in [0.5, 0.6) is 0 Å². The molecule has 0 aliphatic carbocycles. The molecule has 2 nitrogen and oxygen atoms in total. The number of hydrogen-bond donors (Lipinski definition) is 0. The van der Waals surface area contributed by atoms with Gasteiger partial charge in [0.2, 0.25) is 0 Å². The van der Waals surface area contributed by atoms with Crippen LogP contribution in [0.3, 0.4) is 0 Å². The van der Waals surface area contributed by atoms with Crippen LogP contribution >= 0.6 is 0 Å². The van der Waals surface area contributed by atoms with Crippen LogP contribution in [0.25, 0.3) is 0 Å². The molecule has 1 aliphatic heterocycles. The first-order valence-corrected chi connectivity index (χ1v) is 6.12. The second-order valence-electron chi connectivity index (χ2n) is 4.64. The van der Waals surface area contributed by atoms with Gasteiger partial charge in [-0.1, -0.05) is 18.6 Å². The maximum atomic E-state index is 13.2. The summed E-state index contributed by atoms with van der Waals surface area (Å²) in [7, 11) is 0. The van der Waals surface area contributed by atoms with E-state index in [-0.39, 0.29) is 11.9 Å². The fraction of sp³-hybridized carbons (Fsp3) is 0.500. The lowest BCUT2D eigenvalue weighted by molar-refractivity contribution is 0.196. The maximum Gasteiger partial charge on any atom is 0.126 e. The molecule has 1 saturated heterocycles. The number of rotatable bonds is 2. The van der Waals surface area contributed by atoms with Crippen molar-refractivity contribution in [2.24, 2.45) is 0 Å². The molecule has 1 heterocycles. The first-order valence-electron chi connectivity index (χ1n) is 6.12. The number of benzene rings is 1. The van der Waals surface area contributed by atoms with Crippen LogP contribution in [0.1, 0.15) is 36.4 Å². The highest BCUT2D eigenvalue weighted by atomic mass is 19.1. The van der Waals surface area contributed by atoms with E-state index in [2.05, 4.69) is 11.0 Å². The predicted octanol–water partition coefficient (Wildman–Crippen LogP) is 3.18. The fourth-order valence-corrected chi connectivity index (χ4v) is 2.38. The third-order valence-electron chi connectivity index (χ3n) is 3.38. The van der Waals surface area contributed by atoms with Gasteiger partial charge >= 0.3 is 0 Å². The Labute approximate surface area is 102 Å². The van der Waals surface area contributed by atoms with Crippen LogP contribution in [0.2, 0.25) is 0 Å². The zero-order valence-corrected chi connectivity index (χ0v) is 10.1. The van der Waals surface area contributed by atoms with Crippen LogP contribution in [0, 0.1) is 24.1 Å². The molecule has 1 unspecified atom stereocenters. The maximum absolute atomic E-state index is 13.2. The van der Waals surface area contributed by atoms with E-state index in [1.165, 1.54) is 12.5 Å². The lowest BCUT2D eigenvalue weighted by Gasteiger charge is -2.30. The molecule has 0 amide bonds. The van der Waals surface area contributed by atoms with Crippen molar-refractivity contribution in [2.75, 3.05) is 13.1 Å². The zero-order valence-electron chi connectivity index (χ0n) is 10.1. The Bertz CT molecular complexity index is 430. The average Bonchev–Trinajstić information content (AvgIpc) is 2.36. The minimum Gasteiger partial charge on any atom is -0.284 e. The second kappa shape index (κ2) is 5.29. The Morgan fingerprint density at radius 1 is 1.29 bits per heavy atom. The molecule has 17 heavy (non-hydrogen) atoms. The molecule has 0 aromatic heterocycles. The van der Waals surface area contributed by atoms with Gasteiger partial charge in [0.05, 0.1) is 6.07 Å². The highest BCUT2D eigenvalue weighted by Gasteiger charge is 2.22. The second-order valence-corrected chi connectivity index (χ2v) is 4.64. The number of piperidine rings is 1. The van der Waals surface area contributed by atoms with Crippen LogP contribution in [0.4, 0.5) is 4.39 Å². The van der Waals surface area contributed by atoms with Gasteiger partial charge in [0.15, 0.2) is 0 Å². The minimum atomic E-state index is -0.227. The highest BCUT2D eigenvalue weighted by molar-refractivity contribution is 5.29. The van der Waals surface area contributed by atoms with Gasteiger partial charge in [-0.25, -0.2) is 4.39 Å². The summed E-state index contributed by atoms with van der Waals surface area (Å²) in [6, 6.07) is 7.08. The summed E-state index contributed by atoms with van der Waals surface area (Å²) in [5.74, 6) is -0.205. The molecular weight excluding hydrogens is 215 g/mol. The van der Waals surface area contributed by atoms with Crippen LogP contribution in [-0.2, 0) is 0 Å². The molecule has 1 aliphatic rings. The normalized spacial score (nSPS) is 18.6. The average molecular weight is 232 g/mol. The Morgan fingerprint density at radius 3 is 2.59 bits per heavy atom. The van der Waals surface area contributed by atoms with Crippen molar-refractivity contribution < 1.29 is 4.39 Å². The monoisotopic (exact) mass is 232 g/mol. The summed E-state index contributed by atoms with van der Waals surface area (Å²) in [5, 5.41) is 9.31. The first kappa shape index (κ1) is 12.1. The van der Waals surface area contributed by atoms with Crippen LogP contribution in [0.15, 0.2) is 18.2 Å². The third-order valence-corrected chi connectivity index (χ3v) is 3.38. The van der Waals surface area contributed by atoms with Crippen molar-refractivity contribution in [3.63, 3.8) is 0 Å². The Kier molecular flexibility index (Phi) is 3.75. The third kappa shape index (κ3) is 2.65. The highest BCUT2D eigenvalue weighted by Crippen LogP contribution is 2.25. The predicted molar refractivity (Wildman–Crippen MR) is 64.9 cm³/mol. The molecule has 1 aromatic carbocycles. The lowest BCUT2D eigenvalue weighted by Crippen LogP contribution is -2.33. The summed E-state index contributed by atoms with van der Waals surface area (Å²) >= 11 is 0. The van der Waals surface area contributed by atoms with Crippen molar-refractivity contribution in [3.8, 4) is 6.07 Å². The van der Waals surface area contributed by atoms with Gasteiger partial charge in [0.1, 0.15) is 11.9 Å². The van der Waals surface area contributed by atoms with E-state index in [9.17, 15) is 9.65 Å². The molecule has 1 fully saturated rings. The number of aryl methyl sites for hydroxylation is 1. The van der Waals surface area contributed by atoms with E-state index in [1.807, 2.05) is 0 Å². The molecule has 90 valence electrons. The SMILES string of the molecule is Cc1cc(C(C#N)N2CCCCC2)ccc1F. The van der Waals surface area contributed by atoms with Gasteiger partial charge in [0, 0.05) is 0 Å². The van der Waals surface area contributed by atoms with Crippen molar-refractivity contribution in [1.29, 1.82) is 5.26 Å². The first-order chi connectivity index (χ1) is 8.22. The zero-order chi connectivity index (χ0) is 12.3. The molecule has 1 atom stereocenters. The molecule has 3 heteroatoms. The number of halogens is 1. The van der Waals surface area contributed by atoms with Gasteiger partial charge in [-0.2, -0.15) is 5.26 Å². The topological polar surface area (TPSA) is 27.0 Å². The molecule has 0 N–H and O–H groups in total. The van der Waals surface area contributed by atoms with Crippen molar-refractivity contribution >= 4 is 0 Å². The number of hydrogen-bond acceptors (Lipinski definition) is 2. The van der Waals surface area contributed by atoms with E-state index >= 15 is 0 Å². The van der Waals surface area contributed by atoms with Gasteiger partial charge in [0.25, 0.3) is 0 Å². The van der Waals surface area contributed by atoms with Gasteiger partial charge in [-0.15, -0.1) is 0 Å². The van der Waals surface area contributed by atoms with Crippen LogP contribution in [-0.4, -0.2) is 18.0 Å².